The van der Waals surface area contributed by atoms with Gasteiger partial charge in [-0.05, 0) is 18.9 Å². The standard InChI is InChI=1S/C12H19N3/c1-2-15-10-12(9-14-15)8-13-7-6-11-4-3-5-11/h2,9-11,13H,1,3-8H2. The van der Waals surface area contributed by atoms with Crippen LogP contribution >= 0.6 is 0 Å². The Morgan fingerprint density at radius 3 is 3.07 bits per heavy atom. The zero-order chi connectivity index (χ0) is 10.5. The fraction of sp³-hybridized carbons (Fsp3) is 0.583. The van der Waals surface area contributed by atoms with Crippen molar-refractivity contribution >= 4 is 6.20 Å². The van der Waals surface area contributed by atoms with Gasteiger partial charge >= 0.3 is 0 Å². The minimum absolute atomic E-state index is 0.917. The van der Waals surface area contributed by atoms with Crippen molar-refractivity contribution in [3.8, 4) is 0 Å². The minimum atomic E-state index is 0.917. The molecule has 0 unspecified atom stereocenters. The smallest absolute Gasteiger partial charge is 0.0538 e. The molecule has 1 aliphatic rings. The van der Waals surface area contributed by atoms with Crippen molar-refractivity contribution in [2.75, 3.05) is 6.54 Å². The lowest BCUT2D eigenvalue weighted by molar-refractivity contribution is 0.292. The van der Waals surface area contributed by atoms with Gasteiger partial charge in [0.25, 0.3) is 0 Å². The van der Waals surface area contributed by atoms with Gasteiger partial charge in [-0.2, -0.15) is 5.10 Å². The highest BCUT2D eigenvalue weighted by molar-refractivity contribution is 5.17. The maximum absolute atomic E-state index is 4.13. The van der Waals surface area contributed by atoms with Crippen LogP contribution in [0.2, 0.25) is 0 Å². The van der Waals surface area contributed by atoms with E-state index in [1.165, 1.54) is 31.2 Å². The van der Waals surface area contributed by atoms with E-state index in [0.717, 1.165) is 19.0 Å². The van der Waals surface area contributed by atoms with E-state index in [1.54, 1.807) is 10.9 Å². The summed E-state index contributed by atoms with van der Waals surface area (Å²) in [4.78, 5) is 0. The molecule has 3 nitrogen and oxygen atoms in total. The van der Waals surface area contributed by atoms with E-state index in [0.29, 0.717) is 0 Å². The molecule has 0 spiro atoms. The van der Waals surface area contributed by atoms with Gasteiger partial charge in [0.05, 0.1) is 6.20 Å². The van der Waals surface area contributed by atoms with E-state index < -0.39 is 0 Å². The van der Waals surface area contributed by atoms with Gasteiger partial charge in [0.1, 0.15) is 0 Å². The van der Waals surface area contributed by atoms with Crippen LogP contribution < -0.4 is 5.32 Å². The lowest BCUT2D eigenvalue weighted by Gasteiger charge is -2.25. The third-order valence-electron chi connectivity index (χ3n) is 3.13. The number of nitrogens with zero attached hydrogens (tertiary/aromatic N) is 2. The first-order chi connectivity index (χ1) is 7.38. The van der Waals surface area contributed by atoms with Crippen LogP contribution in [0.15, 0.2) is 19.0 Å². The molecule has 82 valence electrons. The molecular formula is C12H19N3. The maximum atomic E-state index is 4.13. The quantitative estimate of drug-likeness (QED) is 0.722. The van der Waals surface area contributed by atoms with Crippen molar-refractivity contribution in [2.24, 2.45) is 5.92 Å². The summed E-state index contributed by atoms with van der Waals surface area (Å²) < 4.78 is 1.74. The van der Waals surface area contributed by atoms with Crippen molar-refractivity contribution in [2.45, 2.75) is 32.2 Å². The number of aromatic nitrogens is 2. The Bertz CT molecular complexity index is 312. The predicted molar refractivity (Wildman–Crippen MR) is 62.3 cm³/mol. The monoisotopic (exact) mass is 205 g/mol. The van der Waals surface area contributed by atoms with Gasteiger partial charge in [0.15, 0.2) is 0 Å². The van der Waals surface area contributed by atoms with Crippen LogP contribution in [0.5, 0.6) is 0 Å². The van der Waals surface area contributed by atoms with Crippen LogP contribution in [0, 0.1) is 5.92 Å². The van der Waals surface area contributed by atoms with Gasteiger partial charge in [-0.3, -0.25) is 0 Å². The van der Waals surface area contributed by atoms with Crippen LogP contribution in [0.4, 0.5) is 0 Å². The number of rotatable bonds is 6. The molecule has 0 amide bonds. The van der Waals surface area contributed by atoms with Crippen molar-refractivity contribution in [1.29, 1.82) is 0 Å². The largest absolute Gasteiger partial charge is 0.313 e. The molecule has 1 aromatic heterocycles. The Labute approximate surface area is 91.2 Å². The molecule has 0 bridgehead atoms. The van der Waals surface area contributed by atoms with E-state index in [1.807, 2.05) is 12.4 Å². The predicted octanol–water partition coefficient (Wildman–Crippen LogP) is 2.26. The zero-order valence-electron chi connectivity index (χ0n) is 9.15. The second-order valence-electron chi connectivity index (χ2n) is 4.27. The van der Waals surface area contributed by atoms with Crippen molar-refractivity contribution in [1.82, 2.24) is 15.1 Å². The first-order valence-electron chi connectivity index (χ1n) is 5.75. The lowest BCUT2D eigenvalue weighted by Crippen LogP contribution is -2.20. The van der Waals surface area contributed by atoms with E-state index in [9.17, 15) is 0 Å². The molecule has 0 saturated heterocycles. The maximum Gasteiger partial charge on any atom is 0.0538 e. The molecular weight excluding hydrogens is 186 g/mol. The van der Waals surface area contributed by atoms with E-state index in [-0.39, 0.29) is 0 Å². The van der Waals surface area contributed by atoms with Gasteiger partial charge in [-0.15, -0.1) is 0 Å². The molecule has 0 radical (unpaired) electrons. The SMILES string of the molecule is C=Cn1cc(CNCCC2CCC2)cn1. The first-order valence-corrected chi connectivity index (χ1v) is 5.75. The third kappa shape index (κ3) is 2.93. The zero-order valence-corrected chi connectivity index (χ0v) is 9.15. The van der Waals surface area contributed by atoms with Crippen molar-refractivity contribution < 1.29 is 0 Å². The Kier molecular flexibility index (Phi) is 3.56. The molecule has 0 aromatic carbocycles. The summed E-state index contributed by atoms with van der Waals surface area (Å²) in [6.45, 7) is 5.71. The van der Waals surface area contributed by atoms with Crippen LogP contribution in [-0.4, -0.2) is 16.3 Å². The van der Waals surface area contributed by atoms with E-state index in [4.69, 9.17) is 0 Å². The Morgan fingerprint density at radius 1 is 1.60 bits per heavy atom. The number of hydrogen-bond donors (Lipinski definition) is 1. The fourth-order valence-corrected chi connectivity index (χ4v) is 1.89. The van der Waals surface area contributed by atoms with Gasteiger partial charge in [0.2, 0.25) is 0 Å². The molecule has 0 aliphatic heterocycles. The molecule has 0 atom stereocenters. The summed E-state index contributed by atoms with van der Waals surface area (Å²) in [6, 6.07) is 0. The van der Waals surface area contributed by atoms with Crippen LogP contribution in [0.1, 0.15) is 31.2 Å². The molecule has 15 heavy (non-hydrogen) atoms. The summed E-state index contributed by atoms with van der Waals surface area (Å²) in [5.41, 5.74) is 1.23. The first kappa shape index (κ1) is 10.4. The van der Waals surface area contributed by atoms with E-state index >= 15 is 0 Å². The Hall–Kier alpha value is -1.09. The average molecular weight is 205 g/mol. The average Bonchev–Trinajstić information content (AvgIpc) is 2.62. The lowest BCUT2D eigenvalue weighted by atomic mass is 9.83. The fourth-order valence-electron chi connectivity index (χ4n) is 1.89. The molecule has 1 fully saturated rings. The summed E-state index contributed by atoms with van der Waals surface area (Å²) in [6.07, 6.45) is 11.2. The Balaban J connectivity index is 1.62. The third-order valence-corrected chi connectivity index (χ3v) is 3.13. The molecule has 1 aromatic rings. The highest BCUT2D eigenvalue weighted by atomic mass is 15.2. The molecule has 1 heterocycles. The highest BCUT2D eigenvalue weighted by Crippen LogP contribution is 2.28. The van der Waals surface area contributed by atoms with Gasteiger partial charge < -0.3 is 5.32 Å². The summed E-state index contributed by atoms with van der Waals surface area (Å²) in [5, 5.41) is 7.59. The molecule has 2 rings (SSSR count). The second kappa shape index (κ2) is 5.12. The summed E-state index contributed by atoms with van der Waals surface area (Å²) in [5.74, 6) is 0.994. The highest BCUT2D eigenvalue weighted by Gasteiger charge is 2.16. The summed E-state index contributed by atoms with van der Waals surface area (Å²) >= 11 is 0. The van der Waals surface area contributed by atoms with Crippen molar-refractivity contribution in [3.63, 3.8) is 0 Å². The van der Waals surface area contributed by atoms with Gasteiger partial charge in [-0.25, -0.2) is 4.68 Å². The Morgan fingerprint density at radius 2 is 2.47 bits per heavy atom. The van der Waals surface area contributed by atoms with Crippen LogP contribution in [-0.2, 0) is 6.54 Å². The molecule has 1 saturated carbocycles. The summed E-state index contributed by atoms with van der Waals surface area (Å²) in [7, 11) is 0. The van der Waals surface area contributed by atoms with Crippen LogP contribution in [0.3, 0.4) is 0 Å². The molecule has 1 aliphatic carbocycles. The van der Waals surface area contributed by atoms with E-state index in [2.05, 4.69) is 17.0 Å². The second-order valence-corrected chi connectivity index (χ2v) is 4.27. The molecule has 1 N–H and O–H groups in total. The minimum Gasteiger partial charge on any atom is -0.313 e. The van der Waals surface area contributed by atoms with Gasteiger partial charge in [-0.1, -0.05) is 25.8 Å². The molecule has 3 heteroatoms. The topological polar surface area (TPSA) is 29.9 Å². The number of nitrogens with one attached hydrogen (secondary N) is 1. The van der Waals surface area contributed by atoms with Crippen LogP contribution in [0.25, 0.3) is 6.20 Å². The van der Waals surface area contributed by atoms with Gasteiger partial charge in [0, 0.05) is 24.5 Å². The van der Waals surface area contributed by atoms with Crippen molar-refractivity contribution in [3.05, 3.63) is 24.5 Å². The normalized spacial score (nSPS) is 16.3. The number of hydrogen-bond acceptors (Lipinski definition) is 2.